The second-order valence-electron chi connectivity index (χ2n) is 5.68. The summed E-state index contributed by atoms with van der Waals surface area (Å²) < 4.78 is 5.69. The van der Waals surface area contributed by atoms with E-state index in [4.69, 9.17) is 4.74 Å². The summed E-state index contributed by atoms with van der Waals surface area (Å²) in [6, 6.07) is 5.00. The van der Waals surface area contributed by atoms with Gasteiger partial charge in [0, 0.05) is 44.7 Å². The van der Waals surface area contributed by atoms with Gasteiger partial charge in [-0.1, -0.05) is 0 Å². The van der Waals surface area contributed by atoms with Crippen molar-refractivity contribution in [3.8, 4) is 0 Å². The lowest BCUT2D eigenvalue weighted by atomic mass is 10.2. The van der Waals surface area contributed by atoms with Crippen LogP contribution in [0.4, 0.5) is 5.69 Å². The first kappa shape index (κ1) is 12.9. The molecule has 2 fully saturated rings. The molecule has 0 spiro atoms. The number of rotatable bonds is 6. The van der Waals surface area contributed by atoms with E-state index in [1.54, 1.807) is 0 Å². The van der Waals surface area contributed by atoms with E-state index in [0.29, 0.717) is 6.10 Å². The van der Waals surface area contributed by atoms with Crippen molar-refractivity contribution >= 4 is 5.69 Å². The number of aromatic nitrogens is 1. The van der Waals surface area contributed by atoms with Crippen LogP contribution in [0.5, 0.6) is 0 Å². The molecule has 3 rings (SSSR count). The molecule has 104 valence electrons. The van der Waals surface area contributed by atoms with Crippen LogP contribution < -0.4 is 10.2 Å². The van der Waals surface area contributed by atoms with E-state index in [1.165, 1.54) is 31.4 Å². The zero-order valence-electron chi connectivity index (χ0n) is 11.6. The van der Waals surface area contributed by atoms with E-state index < -0.39 is 0 Å². The van der Waals surface area contributed by atoms with Crippen LogP contribution in [-0.2, 0) is 11.3 Å². The first-order valence-electron chi connectivity index (χ1n) is 7.32. The van der Waals surface area contributed by atoms with Gasteiger partial charge in [-0.05, 0) is 37.8 Å². The van der Waals surface area contributed by atoms with Crippen LogP contribution in [0.1, 0.15) is 31.4 Å². The van der Waals surface area contributed by atoms with Gasteiger partial charge in [0.05, 0.1) is 11.8 Å². The van der Waals surface area contributed by atoms with Gasteiger partial charge in [-0.25, -0.2) is 0 Å². The lowest BCUT2D eigenvalue weighted by Gasteiger charge is -2.23. The normalized spacial score (nSPS) is 22.7. The number of hydrogen-bond acceptors (Lipinski definition) is 4. The quantitative estimate of drug-likeness (QED) is 0.849. The van der Waals surface area contributed by atoms with Gasteiger partial charge in [0.25, 0.3) is 0 Å². The Morgan fingerprint density at radius 1 is 1.42 bits per heavy atom. The van der Waals surface area contributed by atoms with Crippen molar-refractivity contribution < 1.29 is 4.74 Å². The maximum atomic E-state index is 5.69. The highest BCUT2D eigenvalue weighted by atomic mass is 16.5. The monoisotopic (exact) mass is 261 g/mol. The largest absolute Gasteiger partial charge is 0.376 e. The van der Waals surface area contributed by atoms with Gasteiger partial charge < -0.3 is 15.0 Å². The average Bonchev–Trinajstić information content (AvgIpc) is 3.13. The highest BCUT2D eigenvalue weighted by molar-refractivity contribution is 5.45. The molecule has 1 aliphatic heterocycles. The van der Waals surface area contributed by atoms with Gasteiger partial charge in [0.15, 0.2) is 0 Å². The molecule has 1 saturated carbocycles. The maximum absolute atomic E-state index is 5.69. The van der Waals surface area contributed by atoms with Gasteiger partial charge in [-0.3, -0.25) is 4.98 Å². The van der Waals surface area contributed by atoms with Gasteiger partial charge in [-0.2, -0.15) is 0 Å². The van der Waals surface area contributed by atoms with E-state index >= 15 is 0 Å². The fourth-order valence-corrected chi connectivity index (χ4v) is 2.54. The van der Waals surface area contributed by atoms with Crippen LogP contribution in [0.15, 0.2) is 18.3 Å². The number of pyridine rings is 1. The van der Waals surface area contributed by atoms with Gasteiger partial charge in [0.2, 0.25) is 0 Å². The predicted octanol–water partition coefficient (Wildman–Crippen LogP) is 1.95. The number of nitrogens with one attached hydrogen (secondary N) is 1. The summed E-state index contributed by atoms with van der Waals surface area (Å²) in [5.41, 5.74) is 2.36. The Morgan fingerprint density at radius 2 is 2.32 bits per heavy atom. The Balaban J connectivity index is 1.56. The molecule has 0 aromatic carbocycles. The van der Waals surface area contributed by atoms with Crippen molar-refractivity contribution in [1.29, 1.82) is 0 Å². The highest BCUT2D eigenvalue weighted by Crippen LogP contribution is 2.20. The first-order chi connectivity index (χ1) is 9.31. The summed E-state index contributed by atoms with van der Waals surface area (Å²) in [5, 5.41) is 3.51. The molecular formula is C15H23N3O. The van der Waals surface area contributed by atoms with E-state index in [0.717, 1.165) is 31.4 Å². The summed E-state index contributed by atoms with van der Waals surface area (Å²) >= 11 is 0. The summed E-state index contributed by atoms with van der Waals surface area (Å²) in [6.45, 7) is 2.77. The Labute approximate surface area is 115 Å². The third-order valence-corrected chi connectivity index (χ3v) is 3.89. The lowest BCUT2D eigenvalue weighted by Crippen LogP contribution is -2.28. The van der Waals surface area contributed by atoms with E-state index in [9.17, 15) is 0 Å². The van der Waals surface area contributed by atoms with Gasteiger partial charge in [0.1, 0.15) is 0 Å². The Hall–Kier alpha value is -1.13. The van der Waals surface area contributed by atoms with Crippen LogP contribution in [0.25, 0.3) is 0 Å². The van der Waals surface area contributed by atoms with E-state index in [-0.39, 0.29) is 0 Å². The SMILES string of the molecule is CN(CC1CCCO1)c1ccnc(CNC2CC2)c1. The molecule has 0 bridgehead atoms. The van der Waals surface area contributed by atoms with Crippen molar-refractivity contribution in [2.24, 2.45) is 0 Å². The molecule has 1 aromatic rings. The highest BCUT2D eigenvalue weighted by Gasteiger charge is 2.20. The molecule has 2 heterocycles. The summed E-state index contributed by atoms with van der Waals surface area (Å²) in [7, 11) is 2.13. The zero-order chi connectivity index (χ0) is 13.1. The fraction of sp³-hybridized carbons (Fsp3) is 0.667. The minimum atomic E-state index is 0.395. The number of anilines is 1. The molecule has 0 radical (unpaired) electrons. The van der Waals surface area contributed by atoms with Crippen molar-refractivity contribution in [1.82, 2.24) is 10.3 Å². The van der Waals surface area contributed by atoms with E-state index in [2.05, 4.69) is 34.4 Å². The van der Waals surface area contributed by atoms with Crippen LogP contribution in [0.3, 0.4) is 0 Å². The summed E-state index contributed by atoms with van der Waals surface area (Å²) in [4.78, 5) is 6.71. The Kier molecular flexibility index (Phi) is 3.99. The fourth-order valence-electron chi connectivity index (χ4n) is 2.54. The van der Waals surface area contributed by atoms with Crippen LogP contribution in [0, 0.1) is 0 Å². The van der Waals surface area contributed by atoms with Gasteiger partial charge >= 0.3 is 0 Å². The zero-order valence-corrected chi connectivity index (χ0v) is 11.6. The van der Waals surface area contributed by atoms with Crippen LogP contribution >= 0.6 is 0 Å². The van der Waals surface area contributed by atoms with Crippen molar-refractivity contribution in [3.63, 3.8) is 0 Å². The number of nitrogens with zero attached hydrogens (tertiary/aromatic N) is 2. The first-order valence-corrected chi connectivity index (χ1v) is 7.32. The molecule has 1 N–H and O–H groups in total. The third-order valence-electron chi connectivity index (χ3n) is 3.89. The number of ether oxygens (including phenoxy) is 1. The maximum Gasteiger partial charge on any atom is 0.0750 e. The second-order valence-corrected chi connectivity index (χ2v) is 5.68. The molecule has 1 aromatic heterocycles. The van der Waals surface area contributed by atoms with Crippen molar-refractivity contribution in [2.75, 3.05) is 25.1 Å². The Morgan fingerprint density at radius 3 is 3.05 bits per heavy atom. The molecule has 1 saturated heterocycles. The minimum Gasteiger partial charge on any atom is -0.376 e. The molecule has 1 unspecified atom stereocenters. The van der Waals surface area contributed by atoms with Crippen LogP contribution in [0.2, 0.25) is 0 Å². The molecule has 4 nitrogen and oxygen atoms in total. The van der Waals surface area contributed by atoms with E-state index in [1.807, 2.05) is 6.20 Å². The Bertz CT molecular complexity index is 414. The number of likely N-dealkylation sites (N-methyl/N-ethyl adjacent to an activating group) is 1. The molecular weight excluding hydrogens is 238 g/mol. The molecule has 0 amide bonds. The third kappa shape index (κ3) is 3.67. The predicted molar refractivity (Wildman–Crippen MR) is 76.3 cm³/mol. The summed E-state index contributed by atoms with van der Waals surface area (Å²) in [6.07, 6.45) is 7.32. The molecule has 2 aliphatic rings. The standard InChI is InChI=1S/C15H23N3O/c1-18(11-15-3-2-8-19-15)14-6-7-16-13(9-14)10-17-12-4-5-12/h6-7,9,12,15,17H,2-5,8,10-11H2,1H3. The molecule has 4 heteroatoms. The van der Waals surface area contributed by atoms with Crippen LogP contribution in [-0.4, -0.2) is 37.3 Å². The molecule has 1 atom stereocenters. The molecule has 19 heavy (non-hydrogen) atoms. The lowest BCUT2D eigenvalue weighted by molar-refractivity contribution is 0.116. The average molecular weight is 261 g/mol. The molecule has 1 aliphatic carbocycles. The topological polar surface area (TPSA) is 37.4 Å². The smallest absolute Gasteiger partial charge is 0.0750 e. The van der Waals surface area contributed by atoms with Gasteiger partial charge in [-0.15, -0.1) is 0 Å². The summed E-state index contributed by atoms with van der Waals surface area (Å²) in [5.74, 6) is 0. The minimum absolute atomic E-state index is 0.395. The number of hydrogen-bond donors (Lipinski definition) is 1. The second kappa shape index (κ2) is 5.88. The van der Waals surface area contributed by atoms with Crippen molar-refractivity contribution in [2.45, 2.75) is 44.4 Å². The van der Waals surface area contributed by atoms with Crippen molar-refractivity contribution in [3.05, 3.63) is 24.0 Å².